The molecule has 0 aliphatic carbocycles. The third kappa shape index (κ3) is 3.70. The van der Waals surface area contributed by atoms with E-state index >= 15 is 0 Å². The second kappa shape index (κ2) is 6.18. The first-order valence-electron chi connectivity index (χ1n) is 6.09. The summed E-state index contributed by atoms with van der Waals surface area (Å²) < 4.78 is 10.9. The summed E-state index contributed by atoms with van der Waals surface area (Å²) >= 11 is 0. The van der Waals surface area contributed by atoms with Crippen molar-refractivity contribution in [3.8, 4) is 5.75 Å². The molecule has 0 spiro atoms. The number of hydrogen-bond acceptors (Lipinski definition) is 4. The van der Waals surface area contributed by atoms with Crippen LogP contribution in [0.15, 0.2) is 18.2 Å². The van der Waals surface area contributed by atoms with Crippen molar-refractivity contribution in [1.29, 1.82) is 0 Å². The Morgan fingerprint density at radius 2 is 2.00 bits per heavy atom. The zero-order valence-corrected chi connectivity index (χ0v) is 11.9. The maximum absolute atomic E-state index is 5.68. The number of benzene rings is 1. The lowest BCUT2D eigenvalue weighted by molar-refractivity contribution is 0.00664. The summed E-state index contributed by atoms with van der Waals surface area (Å²) in [6, 6.07) is 6.08. The monoisotopic (exact) mass is 252 g/mol. The van der Waals surface area contributed by atoms with E-state index in [1.807, 2.05) is 26.0 Å². The topological polar surface area (TPSA) is 56.5 Å². The average Bonchev–Trinajstić information content (AvgIpc) is 2.36. The third-order valence-electron chi connectivity index (χ3n) is 3.21. The Morgan fingerprint density at radius 1 is 1.33 bits per heavy atom. The highest BCUT2D eigenvalue weighted by atomic mass is 16.5. The number of nitrogens with two attached hydrogens (primary N) is 1. The number of aryl methyl sites for hydroxylation is 1. The van der Waals surface area contributed by atoms with Crippen molar-refractivity contribution in [1.82, 2.24) is 5.43 Å². The number of methoxy groups -OCH3 is 2. The van der Waals surface area contributed by atoms with Gasteiger partial charge in [0.1, 0.15) is 5.75 Å². The van der Waals surface area contributed by atoms with Crippen molar-refractivity contribution in [2.75, 3.05) is 14.2 Å². The average molecular weight is 252 g/mol. The van der Waals surface area contributed by atoms with Crippen LogP contribution in [-0.2, 0) is 4.74 Å². The molecule has 0 saturated carbocycles. The first-order valence-corrected chi connectivity index (χ1v) is 6.09. The van der Waals surface area contributed by atoms with E-state index in [0.717, 1.165) is 17.7 Å². The predicted octanol–water partition coefficient (Wildman–Crippen LogP) is 2.32. The molecular formula is C14H24N2O2. The van der Waals surface area contributed by atoms with E-state index in [4.69, 9.17) is 15.3 Å². The molecule has 1 rings (SSSR count). The zero-order valence-electron chi connectivity index (χ0n) is 11.9. The van der Waals surface area contributed by atoms with Gasteiger partial charge in [-0.05, 0) is 33.3 Å². The first-order chi connectivity index (χ1) is 8.43. The van der Waals surface area contributed by atoms with Crippen LogP contribution in [-0.4, -0.2) is 19.8 Å². The smallest absolute Gasteiger partial charge is 0.123 e. The molecule has 4 heteroatoms. The van der Waals surface area contributed by atoms with Crippen LogP contribution in [0.5, 0.6) is 5.75 Å². The van der Waals surface area contributed by atoms with Gasteiger partial charge in [-0.25, -0.2) is 0 Å². The van der Waals surface area contributed by atoms with Gasteiger partial charge >= 0.3 is 0 Å². The van der Waals surface area contributed by atoms with Gasteiger partial charge < -0.3 is 9.47 Å². The van der Waals surface area contributed by atoms with Gasteiger partial charge in [0.2, 0.25) is 0 Å². The molecule has 3 N–H and O–H groups in total. The summed E-state index contributed by atoms with van der Waals surface area (Å²) in [6.45, 7) is 6.14. The number of nitrogens with one attached hydrogen (secondary N) is 1. The van der Waals surface area contributed by atoms with Crippen LogP contribution in [0.25, 0.3) is 0 Å². The molecule has 0 saturated heterocycles. The van der Waals surface area contributed by atoms with Crippen LogP contribution >= 0.6 is 0 Å². The van der Waals surface area contributed by atoms with Crippen LogP contribution < -0.4 is 16.0 Å². The SMILES string of the molecule is COc1ccc(C)cc1C(CC(C)(C)OC)NN. The lowest BCUT2D eigenvalue weighted by atomic mass is 9.92. The second-order valence-corrected chi connectivity index (χ2v) is 5.13. The summed E-state index contributed by atoms with van der Waals surface area (Å²) in [5.41, 5.74) is 4.85. The molecule has 0 bridgehead atoms. The Balaban J connectivity index is 3.04. The van der Waals surface area contributed by atoms with Crippen LogP contribution in [0.1, 0.15) is 37.4 Å². The molecular weight excluding hydrogens is 228 g/mol. The highest BCUT2D eigenvalue weighted by Crippen LogP contribution is 2.32. The second-order valence-electron chi connectivity index (χ2n) is 5.13. The Kier molecular flexibility index (Phi) is 5.14. The highest BCUT2D eigenvalue weighted by Gasteiger charge is 2.25. The number of hydrazine groups is 1. The van der Waals surface area contributed by atoms with E-state index in [1.165, 1.54) is 5.56 Å². The van der Waals surface area contributed by atoms with Crippen LogP contribution in [0, 0.1) is 6.92 Å². The van der Waals surface area contributed by atoms with Crippen LogP contribution in [0.2, 0.25) is 0 Å². The molecule has 1 unspecified atom stereocenters. The summed E-state index contributed by atoms with van der Waals surface area (Å²) in [5, 5.41) is 0. The molecule has 0 fully saturated rings. The maximum atomic E-state index is 5.68. The normalized spacial score (nSPS) is 13.4. The Bertz CT molecular complexity index is 391. The van der Waals surface area contributed by atoms with E-state index < -0.39 is 0 Å². The van der Waals surface area contributed by atoms with E-state index in [1.54, 1.807) is 14.2 Å². The van der Waals surface area contributed by atoms with Crippen molar-refractivity contribution in [2.24, 2.45) is 5.84 Å². The van der Waals surface area contributed by atoms with E-state index in [9.17, 15) is 0 Å². The van der Waals surface area contributed by atoms with Crippen molar-refractivity contribution in [2.45, 2.75) is 38.8 Å². The minimum atomic E-state index is -0.244. The lowest BCUT2D eigenvalue weighted by Gasteiger charge is -2.29. The first kappa shape index (κ1) is 15.0. The van der Waals surface area contributed by atoms with Gasteiger partial charge in [0.05, 0.1) is 18.8 Å². The molecule has 0 aliphatic heterocycles. The molecule has 0 aromatic heterocycles. The van der Waals surface area contributed by atoms with Gasteiger partial charge in [-0.1, -0.05) is 17.7 Å². The molecule has 4 nitrogen and oxygen atoms in total. The number of ether oxygens (including phenoxy) is 2. The van der Waals surface area contributed by atoms with E-state index in [-0.39, 0.29) is 11.6 Å². The molecule has 0 amide bonds. The predicted molar refractivity (Wildman–Crippen MR) is 73.5 cm³/mol. The molecule has 0 radical (unpaired) electrons. The van der Waals surface area contributed by atoms with Crippen LogP contribution in [0.3, 0.4) is 0 Å². The standard InChI is InChI=1S/C14H24N2O2/c1-10-6-7-13(17-4)11(8-10)12(16-15)9-14(2,3)18-5/h6-8,12,16H,9,15H2,1-5H3. The number of rotatable bonds is 6. The van der Waals surface area contributed by atoms with E-state index in [0.29, 0.717) is 0 Å². The van der Waals surface area contributed by atoms with Gasteiger partial charge in [0.25, 0.3) is 0 Å². The molecule has 0 aliphatic rings. The van der Waals surface area contributed by atoms with Crippen molar-refractivity contribution in [3.05, 3.63) is 29.3 Å². The van der Waals surface area contributed by atoms with Gasteiger partial charge in [0.15, 0.2) is 0 Å². The Labute approximate surface area is 109 Å². The highest BCUT2D eigenvalue weighted by molar-refractivity contribution is 5.39. The molecule has 1 atom stereocenters. The zero-order chi connectivity index (χ0) is 13.8. The summed E-state index contributed by atoms with van der Waals surface area (Å²) in [5.74, 6) is 6.52. The molecule has 0 heterocycles. The van der Waals surface area contributed by atoms with Gasteiger partial charge in [0, 0.05) is 12.7 Å². The fourth-order valence-electron chi connectivity index (χ4n) is 1.96. The summed E-state index contributed by atoms with van der Waals surface area (Å²) in [6.07, 6.45) is 0.764. The Morgan fingerprint density at radius 3 is 2.50 bits per heavy atom. The van der Waals surface area contributed by atoms with Crippen molar-refractivity contribution >= 4 is 0 Å². The fourth-order valence-corrected chi connectivity index (χ4v) is 1.96. The summed E-state index contributed by atoms with van der Waals surface area (Å²) in [7, 11) is 3.38. The fraction of sp³-hybridized carbons (Fsp3) is 0.571. The summed E-state index contributed by atoms with van der Waals surface area (Å²) in [4.78, 5) is 0. The van der Waals surface area contributed by atoms with Gasteiger partial charge in [-0.2, -0.15) is 0 Å². The Hall–Kier alpha value is -1.10. The minimum Gasteiger partial charge on any atom is -0.496 e. The van der Waals surface area contributed by atoms with E-state index in [2.05, 4.69) is 18.4 Å². The minimum absolute atomic E-state index is 0.00481. The third-order valence-corrected chi connectivity index (χ3v) is 3.21. The number of hydrogen-bond donors (Lipinski definition) is 2. The molecule has 1 aromatic rings. The van der Waals surface area contributed by atoms with Gasteiger partial charge in [-0.3, -0.25) is 11.3 Å². The lowest BCUT2D eigenvalue weighted by Crippen LogP contribution is -2.35. The molecule has 102 valence electrons. The quantitative estimate of drug-likeness (QED) is 0.602. The molecule has 18 heavy (non-hydrogen) atoms. The maximum Gasteiger partial charge on any atom is 0.123 e. The van der Waals surface area contributed by atoms with Crippen molar-refractivity contribution in [3.63, 3.8) is 0 Å². The largest absolute Gasteiger partial charge is 0.496 e. The van der Waals surface area contributed by atoms with Crippen molar-refractivity contribution < 1.29 is 9.47 Å². The van der Waals surface area contributed by atoms with Crippen LogP contribution in [0.4, 0.5) is 0 Å². The van der Waals surface area contributed by atoms with Gasteiger partial charge in [-0.15, -0.1) is 0 Å². The molecule has 1 aromatic carbocycles.